The number of carboxylic acids is 1. The first-order valence-corrected chi connectivity index (χ1v) is 4.05. The van der Waals surface area contributed by atoms with Gasteiger partial charge in [0.1, 0.15) is 6.04 Å². The molecule has 0 aliphatic rings. The van der Waals surface area contributed by atoms with Gasteiger partial charge in [-0.15, -0.1) is 0 Å². The Bertz CT molecular complexity index is 102. The maximum Gasteiger partial charge on any atom is 0.320 e. The van der Waals surface area contributed by atoms with Gasteiger partial charge in [0.25, 0.3) is 0 Å². The first-order chi connectivity index (χ1) is 4.18. The van der Waals surface area contributed by atoms with E-state index in [1.807, 2.05) is 6.26 Å². The van der Waals surface area contributed by atoms with Crippen molar-refractivity contribution < 1.29 is 31.0 Å². The van der Waals surface area contributed by atoms with E-state index in [1.165, 1.54) is 0 Å². The summed E-state index contributed by atoms with van der Waals surface area (Å²) < 4.78 is 0. The van der Waals surface area contributed by atoms with Gasteiger partial charge in [-0.3, -0.25) is 4.79 Å². The molecule has 0 saturated carbocycles. The largest absolute Gasteiger partial charge is 0.480 e. The van der Waals surface area contributed by atoms with Crippen LogP contribution in [0, 0.1) is 0 Å². The van der Waals surface area contributed by atoms with Gasteiger partial charge < -0.3 is 10.8 Å². The molecule has 0 aromatic carbocycles. The second kappa shape index (κ2) is 7.57. The second-order valence-corrected chi connectivity index (χ2v) is 2.71. The number of nitrogens with two attached hydrogens (primary N) is 1. The molecule has 0 bridgehead atoms. The van der Waals surface area contributed by atoms with Gasteiger partial charge in [-0.05, 0) is 18.4 Å². The Morgan fingerprint density at radius 1 is 1.80 bits per heavy atom. The van der Waals surface area contributed by atoms with Crippen LogP contribution in [0.3, 0.4) is 0 Å². The van der Waals surface area contributed by atoms with Crippen LogP contribution in [-0.4, -0.2) is 29.1 Å². The number of carbonyl (C=O) groups is 1. The van der Waals surface area contributed by atoms with Crippen LogP contribution in [0.5, 0.6) is 0 Å². The Hall–Kier alpha value is 0.468. The Labute approximate surface area is 79.0 Å². The number of hydrogen-bond donors (Lipinski definition) is 2. The van der Waals surface area contributed by atoms with Crippen molar-refractivity contribution >= 4 is 17.7 Å². The summed E-state index contributed by atoms with van der Waals surface area (Å²) >= 11 is 1.60. The topological polar surface area (TPSA) is 63.3 Å². The van der Waals surface area contributed by atoms with Gasteiger partial charge >= 0.3 is 5.97 Å². The van der Waals surface area contributed by atoms with E-state index >= 15 is 0 Å². The van der Waals surface area contributed by atoms with E-state index in [-0.39, 0.29) is 21.1 Å². The van der Waals surface area contributed by atoms with Crippen molar-refractivity contribution in [2.75, 3.05) is 12.0 Å². The van der Waals surface area contributed by atoms with Crippen molar-refractivity contribution in [1.82, 2.24) is 0 Å². The maximum absolute atomic E-state index is 10.1. The van der Waals surface area contributed by atoms with Crippen LogP contribution >= 0.6 is 11.8 Å². The van der Waals surface area contributed by atoms with Crippen LogP contribution < -0.4 is 5.73 Å². The van der Waals surface area contributed by atoms with Gasteiger partial charge in [0.15, 0.2) is 0 Å². The molecule has 0 aromatic rings. The van der Waals surface area contributed by atoms with Gasteiger partial charge in [-0.2, -0.15) is 11.8 Å². The predicted molar refractivity (Wildman–Crippen MR) is 38.6 cm³/mol. The number of rotatable bonds is 4. The zero-order valence-electron chi connectivity index (χ0n) is 5.65. The molecule has 3 N–H and O–H groups in total. The van der Waals surface area contributed by atoms with Gasteiger partial charge in [0, 0.05) is 21.1 Å². The molecule has 10 heavy (non-hydrogen) atoms. The summed E-state index contributed by atoms with van der Waals surface area (Å²) in [7, 11) is 0. The molecular formula is C5H11NO2PtS. The number of thioether (sulfide) groups is 1. The fraction of sp³-hybridized carbons (Fsp3) is 0.800. The van der Waals surface area contributed by atoms with Gasteiger partial charge in [-0.1, -0.05) is 0 Å². The smallest absolute Gasteiger partial charge is 0.320 e. The van der Waals surface area contributed by atoms with Crippen LogP contribution in [0.2, 0.25) is 0 Å². The molecule has 64 valence electrons. The Kier molecular flexibility index (Phi) is 9.91. The van der Waals surface area contributed by atoms with E-state index in [0.717, 1.165) is 5.75 Å². The van der Waals surface area contributed by atoms with Gasteiger partial charge in [0.05, 0.1) is 0 Å². The first kappa shape index (κ1) is 13.1. The molecule has 0 spiro atoms. The molecule has 0 fully saturated rings. The van der Waals surface area contributed by atoms with E-state index in [0.29, 0.717) is 6.42 Å². The summed E-state index contributed by atoms with van der Waals surface area (Å²) in [6.07, 6.45) is 2.48. The van der Waals surface area contributed by atoms with Crippen molar-refractivity contribution in [3.05, 3.63) is 0 Å². The second-order valence-electron chi connectivity index (χ2n) is 1.73. The minimum Gasteiger partial charge on any atom is -0.480 e. The zero-order valence-corrected chi connectivity index (χ0v) is 8.74. The molecule has 0 aliphatic heterocycles. The number of carboxylic acid groups (broad SMARTS) is 1. The van der Waals surface area contributed by atoms with Crippen LogP contribution in [0.1, 0.15) is 6.42 Å². The number of hydrogen-bond acceptors (Lipinski definition) is 3. The van der Waals surface area contributed by atoms with Crippen LogP contribution in [-0.2, 0) is 25.9 Å². The predicted octanol–water partition coefficient (Wildman–Crippen LogP) is 0.149. The van der Waals surface area contributed by atoms with Crippen molar-refractivity contribution in [3.63, 3.8) is 0 Å². The SMILES string of the molecule is CSCC[C@H](N)C(=O)O.[Pt]. The van der Waals surface area contributed by atoms with Crippen LogP contribution in [0.25, 0.3) is 0 Å². The summed E-state index contributed by atoms with van der Waals surface area (Å²) in [5, 5.41) is 8.27. The quantitative estimate of drug-likeness (QED) is 0.762. The minimum atomic E-state index is -0.913. The van der Waals surface area contributed by atoms with E-state index in [1.54, 1.807) is 11.8 Å². The molecule has 0 saturated heterocycles. The Morgan fingerprint density at radius 3 is 2.60 bits per heavy atom. The average Bonchev–Trinajstić information content (AvgIpc) is 1.82. The molecule has 1 atom stereocenters. The zero-order chi connectivity index (χ0) is 7.28. The molecular weight excluding hydrogens is 333 g/mol. The van der Waals surface area contributed by atoms with Crippen LogP contribution in [0.15, 0.2) is 0 Å². The summed E-state index contributed by atoms with van der Waals surface area (Å²) in [4.78, 5) is 10.1. The fourth-order valence-electron chi connectivity index (χ4n) is 0.368. The summed E-state index contributed by atoms with van der Waals surface area (Å²) in [5.74, 6) is -0.1000. The monoisotopic (exact) mass is 344 g/mol. The fourth-order valence-corrected chi connectivity index (χ4v) is 0.858. The Morgan fingerprint density at radius 2 is 2.30 bits per heavy atom. The van der Waals surface area contributed by atoms with Crippen molar-refractivity contribution in [2.24, 2.45) is 5.73 Å². The summed E-state index contributed by atoms with van der Waals surface area (Å²) in [6.45, 7) is 0. The average molecular weight is 344 g/mol. The molecule has 0 unspecified atom stereocenters. The normalized spacial score (nSPS) is 11.8. The number of aliphatic carboxylic acids is 1. The standard InChI is InChI=1S/C5H11NO2S.Pt/c1-9-3-2-4(6)5(7)8;/h4H,2-3,6H2,1H3,(H,7,8);/t4-;/m0./s1. The summed E-state index contributed by atoms with van der Waals surface area (Å²) in [6, 6.07) is -0.683. The molecule has 3 nitrogen and oxygen atoms in total. The third-order valence-electron chi connectivity index (χ3n) is 0.950. The maximum atomic E-state index is 10.1. The van der Waals surface area contributed by atoms with Crippen molar-refractivity contribution in [2.45, 2.75) is 12.5 Å². The van der Waals surface area contributed by atoms with Gasteiger partial charge in [-0.25, -0.2) is 0 Å². The molecule has 0 aliphatic carbocycles. The Balaban J connectivity index is 0. The van der Waals surface area contributed by atoms with Gasteiger partial charge in [0.2, 0.25) is 0 Å². The third kappa shape index (κ3) is 6.59. The molecule has 0 heterocycles. The minimum absolute atomic E-state index is 0. The molecule has 0 rings (SSSR count). The van der Waals surface area contributed by atoms with Crippen molar-refractivity contribution in [3.8, 4) is 0 Å². The summed E-state index contributed by atoms with van der Waals surface area (Å²) in [5.41, 5.74) is 5.19. The first-order valence-electron chi connectivity index (χ1n) is 2.65. The molecule has 5 heteroatoms. The molecule has 0 aromatic heterocycles. The molecule has 0 amide bonds. The third-order valence-corrected chi connectivity index (χ3v) is 1.59. The van der Waals surface area contributed by atoms with Crippen LogP contribution in [0.4, 0.5) is 0 Å². The molecule has 0 radical (unpaired) electrons. The van der Waals surface area contributed by atoms with E-state index < -0.39 is 12.0 Å². The van der Waals surface area contributed by atoms with E-state index in [2.05, 4.69) is 0 Å². The van der Waals surface area contributed by atoms with E-state index in [4.69, 9.17) is 10.8 Å². The van der Waals surface area contributed by atoms with E-state index in [9.17, 15) is 4.79 Å². The van der Waals surface area contributed by atoms with Crippen molar-refractivity contribution in [1.29, 1.82) is 0 Å².